The summed E-state index contributed by atoms with van der Waals surface area (Å²) in [6.07, 6.45) is 0.130. The van der Waals surface area contributed by atoms with Crippen LogP contribution in [0.15, 0.2) is 12.1 Å². The molecular formula is C10H9F2IN2O. The van der Waals surface area contributed by atoms with Crippen LogP contribution >= 0.6 is 22.6 Å². The molecule has 0 aliphatic carbocycles. The quantitative estimate of drug-likeness (QED) is 0.792. The maximum absolute atomic E-state index is 13.6. The SMILES string of the molecule is NC1CC(=O)N(c2c(F)cc(I)cc2F)C1. The Morgan fingerprint density at radius 3 is 2.38 bits per heavy atom. The average Bonchev–Trinajstić information content (AvgIpc) is 2.43. The van der Waals surface area contributed by atoms with Gasteiger partial charge in [-0.1, -0.05) is 0 Å². The first-order chi connectivity index (χ1) is 7.49. The van der Waals surface area contributed by atoms with Gasteiger partial charge in [-0.3, -0.25) is 4.79 Å². The van der Waals surface area contributed by atoms with Gasteiger partial charge in [0.25, 0.3) is 0 Å². The van der Waals surface area contributed by atoms with Gasteiger partial charge in [-0.2, -0.15) is 0 Å². The van der Waals surface area contributed by atoms with Crippen molar-refractivity contribution < 1.29 is 13.6 Å². The highest BCUT2D eigenvalue weighted by molar-refractivity contribution is 14.1. The van der Waals surface area contributed by atoms with Crippen LogP contribution in [0.5, 0.6) is 0 Å². The second-order valence-corrected chi connectivity index (χ2v) is 4.93. The molecule has 1 aromatic rings. The van der Waals surface area contributed by atoms with Gasteiger partial charge in [-0.05, 0) is 34.7 Å². The third-order valence-electron chi connectivity index (χ3n) is 2.41. The fraction of sp³-hybridized carbons (Fsp3) is 0.300. The normalized spacial score (nSPS) is 20.6. The van der Waals surface area contributed by atoms with E-state index in [-0.39, 0.29) is 30.6 Å². The summed E-state index contributed by atoms with van der Waals surface area (Å²) in [5.41, 5.74) is 5.28. The summed E-state index contributed by atoms with van der Waals surface area (Å²) in [4.78, 5) is 12.6. The molecule has 2 N–H and O–H groups in total. The highest BCUT2D eigenvalue weighted by atomic mass is 127. The number of anilines is 1. The monoisotopic (exact) mass is 338 g/mol. The first-order valence-corrected chi connectivity index (χ1v) is 5.77. The molecule has 16 heavy (non-hydrogen) atoms. The lowest BCUT2D eigenvalue weighted by Crippen LogP contribution is -2.29. The minimum absolute atomic E-state index is 0.130. The zero-order valence-electron chi connectivity index (χ0n) is 8.21. The third-order valence-corrected chi connectivity index (χ3v) is 3.03. The van der Waals surface area contributed by atoms with E-state index in [0.29, 0.717) is 3.57 Å². The summed E-state index contributed by atoms with van der Waals surface area (Å²) in [6, 6.07) is 2.03. The first kappa shape index (κ1) is 11.7. The van der Waals surface area contributed by atoms with Gasteiger partial charge in [-0.15, -0.1) is 0 Å². The Balaban J connectivity index is 2.44. The molecule has 1 unspecified atom stereocenters. The van der Waals surface area contributed by atoms with E-state index in [1.165, 1.54) is 12.1 Å². The van der Waals surface area contributed by atoms with Crippen LogP contribution in [0.1, 0.15) is 6.42 Å². The van der Waals surface area contributed by atoms with E-state index in [2.05, 4.69) is 0 Å². The standard InChI is InChI=1S/C10H9F2IN2O/c11-7-1-5(13)2-8(12)10(7)15-4-6(14)3-9(15)16/h1-2,6H,3-4,14H2. The Hall–Kier alpha value is -0.760. The van der Waals surface area contributed by atoms with Crippen molar-refractivity contribution in [2.24, 2.45) is 5.73 Å². The molecule has 1 saturated heterocycles. The van der Waals surface area contributed by atoms with Crippen LogP contribution in [-0.2, 0) is 4.79 Å². The van der Waals surface area contributed by atoms with Crippen molar-refractivity contribution in [3.63, 3.8) is 0 Å². The summed E-state index contributed by atoms with van der Waals surface area (Å²) in [6.45, 7) is 0.160. The number of hydrogen-bond acceptors (Lipinski definition) is 2. The molecule has 1 aliphatic rings. The maximum Gasteiger partial charge on any atom is 0.228 e. The summed E-state index contributed by atoms with van der Waals surface area (Å²) in [5.74, 6) is -1.80. The summed E-state index contributed by atoms with van der Waals surface area (Å²) in [5, 5.41) is 0. The fourth-order valence-electron chi connectivity index (χ4n) is 1.74. The van der Waals surface area contributed by atoms with Crippen molar-refractivity contribution in [2.75, 3.05) is 11.4 Å². The van der Waals surface area contributed by atoms with Crippen molar-refractivity contribution in [3.05, 3.63) is 27.3 Å². The highest BCUT2D eigenvalue weighted by Gasteiger charge is 2.31. The number of carbonyl (C=O) groups excluding carboxylic acids is 1. The van der Waals surface area contributed by atoms with Crippen LogP contribution in [-0.4, -0.2) is 18.5 Å². The van der Waals surface area contributed by atoms with Crippen molar-refractivity contribution in [1.82, 2.24) is 0 Å². The summed E-state index contributed by atoms with van der Waals surface area (Å²) >= 11 is 1.81. The van der Waals surface area contributed by atoms with Crippen LogP contribution in [0.4, 0.5) is 14.5 Å². The van der Waals surface area contributed by atoms with Crippen LogP contribution < -0.4 is 10.6 Å². The number of benzene rings is 1. The number of nitrogens with zero attached hydrogens (tertiary/aromatic N) is 1. The fourth-order valence-corrected chi connectivity index (χ4v) is 2.29. The van der Waals surface area contributed by atoms with Crippen LogP contribution in [0.3, 0.4) is 0 Å². The van der Waals surface area contributed by atoms with E-state index in [9.17, 15) is 13.6 Å². The van der Waals surface area contributed by atoms with E-state index in [0.717, 1.165) is 4.90 Å². The van der Waals surface area contributed by atoms with Gasteiger partial charge in [0.1, 0.15) is 5.69 Å². The zero-order chi connectivity index (χ0) is 11.9. The smallest absolute Gasteiger partial charge is 0.228 e. The van der Waals surface area contributed by atoms with E-state index in [1.807, 2.05) is 22.6 Å². The third kappa shape index (κ3) is 2.03. The van der Waals surface area contributed by atoms with E-state index < -0.39 is 11.6 Å². The van der Waals surface area contributed by atoms with Crippen LogP contribution in [0.2, 0.25) is 0 Å². The second-order valence-electron chi connectivity index (χ2n) is 3.69. The Morgan fingerprint density at radius 1 is 1.38 bits per heavy atom. The van der Waals surface area contributed by atoms with Gasteiger partial charge in [-0.25, -0.2) is 8.78 Å². The van der Waals surface area contributed by atoms with E-state index >= 15 is 0 Å². The van der Waals surface area contributed by atoms with Gasteiger partial charge < -0.3 is 10.6 Å². The van der Waals surface area contributed by atoms with Gasteiger partial charge in [0, 0.05) is 22.6 Å². The molecule has 0 aromatic heterocycles. The lowest BCUT2D eigenvalue weighted by Gasteiger charge is -2.17. The average molecular weight is 338 g/mol. The Morgan fingerprint density at radius 2 is 1.94 bits per heavy atom. The molecule has 86 valence electrons. The molecule has 1 atom stereocenters. The lowest BCUT2D eigenvalue weighted by molar-refractivity contribution is -0.117. The number of rotatable bonds is 1. The van der Waals surface area contributed by atoms with Crippen LogP contribution in [0, 0.1) is 15.2 Å². The van der Waals surface area contributed by atoms with Crippen molar-refractivity contribution in [3.8, 4) is 0 Å². The van der Waals surface area contributed by atoms with Gasteiger partial charge in [0.05, 0.1) is 0 Å². The molecular weight excluding hydrogens is 329 g/mol. The molecule has 0 bridgehead atoms. The minimum atomic E-state index is -0.730. The van der Waals surface area contributed by atoms with Crippen molar-refractivity contribution in [1.29, 1.82) is 0 Å². The molecule has 0 spiro atoms. The van der Waals surface area contributed by atoms with Gasteiger partial charge in [0.15, 0.2) is 11.6 Å². The number of nitrogens with two attached hydrogens (primary N) is 1. The molecule has 1 amide bonds. The van der Waals surface area contributed by atoms with Crippen LogP contribution in [0.25, 0.3) is 0 Å². The Kier molecular flexibility index (Phi) is 3.11. The van der Waals surface area contributed by atoms with E-state index in [4.69, 9.17) is 5.73 Å². The van der Waals surface area contributed by atoms with E-state index in [1.54, 1.807) is 0 Å². The molecule has 2 rings (SSSR count). The number of carbonyl (C=O) groups is 1. The molecule has 1 heterocycles. The summed E-state index contributed by atoms with van der Waals surface area (Å²) in [7, 11) is 0. The topological polar surface area (TPSA) is 46.3 Å². The molecule has 1 aliphatic heterocycles. The second kappa shape index (κ2) is 4.25. The lowest BCUT2D eigenvalue weighted by atomic mass is 10.2. The highest BCUT2D eigenvalue weighted by Crippen LogP contribution is 2.28. The molecule has 0 saturated carbocycles. The minimum Gasteiger partial charge on any atom is -0.326 e. The molecule has 6 heteroatoms. The first-order valence-electron chi connectivity index (χ1n) is 4.69. The molecule has 3 nitrogen and oxygen atoms in total. The molecule has 1 aromatic carbocycles. The van der Waals surface area contributed by atoms with Crippen molar-refractivity contribution in [2.45, 2.75) is 12.5 Å². The van der Waals surface area contributed by atoms with Crippen molar-refractivity contribution >= 4 is 34.2 Å². The maximum atomic E-state index is 13.6. The summed E-state index contributed by atoms with van der Waals surface area (Å²) < 4.78 is 27.6. The molecule has 1 fully saturated rings. The molecule has 0 radical (unpaired) electrons. The predicted octanol–water partition coefficient (Wildman–Crippen LogP) is 1.63. The van der Waals surface area contributed by atoms with Gasteiger partial charge in [0.2, 0.25) is 5.91 Å². The number of halogens is 3. The zero-order valence-corrected chi connectivity index (χ0v) is 10.4. The predicted molar refractivity (Wildman–Crippen MR) is 64.0 cm³/mol. The Bertz CT molecular complexity index is 429. The number of amides is 1. The Labute approximate surface area is 105 Å². The largest absolute Gasteiger partial charge is 0.326 e. The number of hydrogen-bond donors (Lipinski definition) is 1. The van der Waals surface area contributed by atoms with Gasteiger partial charge >= 0.3 is 0 Å².